The number of hydrogen-bond donors (Lipinski definition) is 1. The van der Waals surface area contributed by atoms with Gasteiger partial charge in [-0.3, -0.25) is 0 Å². The maximum atomic E-state index is 12.9. The molecule has 0 aliphatic heterocycles. The van der Waals surface area contributed by atoms with Crippen molar-refractivity contribution in [2.24, 2.45) is 5.92 Å². The molecule has 0 amide bonds. The lowest BCUT2D eigenvalue weighted by atomic mass is 10.0. The van der Waals surface area contributed by atoms with Gasteiger partial charge in [0.1, 0.15) is 11.6 Å². The summed E-state index contributed by atoms with van der Waals surface area (Å²) in [5.74, 6) is 1.28. The molecule has 1 N–H and O–H groups in total. The molecule has 1 saturated carbocycles. The molecule has 94 valence electrons. The van der Waals surface area contributed by atoms with Crippen LogP contribution in [0, 0.1) is 11.7 Å². The van der Waals surface area contributed by atoms with Crippen LogP contribution in [0.1, 0.15) is 30.2 Å². The average Bonchev–Trinajstić information content (AvgIpc) is 3.08. The molecule has 1 unspecified atom stereocenters. The van der Waals surface area contributed by atoms with E-state index in [0.29, 0.717) is 12.5 Å². The van der Waals surface area contributed by atoms with E-state index in [2.05, 4.69) is 10.5 Å². The fraction of sp³-hybridized carbons (Fsp3) is 0.357. The number of rotatable bonds is 5. The van der Waals surface area contributed by atoms with Crippen LogP contribution in [0.3, 0.4) is 0 Å². The van der Waals surface area contributed by atoms with Gasteiger partial charge in [-0.25, -0.2) is 4.39 Å². The molecule has 0 bridgehead atoms. The van der Waals surface area contributed by atoms with Gasteiger partial charge in [0, 0.05) is 12.1 Å². The third kappa shape index (κ3) is 2.59. The maximum absolute atomic E-state index is 12.9. The van der Waals surface area contributed by atoms with Crippen LogP contribution in [0.15, 0.2) is 41.1 Å². The summed E-state index contributed by atoms with van der Waals surface area (Å²) in [5.41, 5.74) is 1.14. The van der Waals surface area contributed by atoms with Crippen molar-refractivity contribution in [3.8, 4) is 0 Å². The smallest absolute Gasteiger partial charge is 0.150 e. The molecule has 0 saturated heterocycles. The third-order valence-corrected chi connectivity index (χ3v) is 3.31. The molecule has 1 fully saturated rings. The molecule has 1 aromatic carbocycles. The summed E-state index contributed by atoms with van der Waals surface area (Å²) in [6.07, 6.45) is 4.10. The minimum Gasteiger partial charge on any atom is -0.360 e. The monoisotopic (exact) mass is 246 g/mol. The van der Waals surface area contributed by atoms with Crippen molar-refractivity contribution >= 4 is 0 Å². The summed E-state index contributed by atoms with van der Waals surface area (Å²) in [6.45, 7) is 0.651. The van der Waals surface area contributed by atoms with Gasteiger partial charge in [-0.05, 0) is 36.5 Å². The van der Waals surface area contributed by atoms with Crippen LogP contribution >= 0.6 is 0 Å². The van der Waals surface area contributed by atoms with Gasteiger partial charge in [0.05, 0.1) is 12.7 Å². The van der Waals surface area contributed by atoms with Gasteiger partial charge in [-0.2, -0.15) is 0 Å². The Morgan fingerprint density at radius 1 is 1.28 bits per heavy atom. The Labute approximate surface area is 105 Å². The number of hydrogen-bond acceptors (Lipinski definition) is 3. The third-order valence-electron chi connectivity index (χ3n) is 3.31. The second-order valence-corrected chi connectivity index (χ2v) is 4.73. The van der Waals surface area contributed by atoms with E-state index in [4.69, 9.17) is 4.52 Å². The Kier molecular flexibility index (Phi) is 3.11. The van der Waals surface area contributed by atoms with Crippen molar-refractivity contribution < 1.29 is 8.91 Å². The Bertz CT molecular complexity index is 491. The fourth-order valence-corrected chi connectivity index (χ4v) is 2.20. The Morgan fingerprint density at radius 3 is 2.67 bits per heavy atom. The summed E-state index contributed by atoms with van der Waals surface area (Å²) < 4.78 is 18.0. The highest BCUT2D eigenvalue weighted by atomic mass is 19.1. The zero-order chi connectivity index (χ0) is 12.4. The summed E-state index contributed by atoms with van der Waals surface area (Å²) in [7, 11) is 0. The van der Waals surface area contributed by atoms with E-state index in [1.807, 2.05) is 18.2 Å². The lowest BCUT2D eigenvalue weighted by Gasteiger charge is -2.17. The lowest BCUT2D eigenvalue weighted by molar-refractivity contribution is 0.357. The first-order valence-electron chi connectivity index (χ1n) is 6.21. The second-order valence-electron chi connectivity index (χ2n) is 4.73. The van der Waals surface area contributed by atoms with E-state index in [-0.39, 0.29) is 11.9 Å². The number of benzene rings is 1. The molecular formula is C14H15FN2O. The van der Waals surface area contributed by atoms with E-state index in [1.165, 1.54) is 25.0 Å². The first kappa shape index (κ1) is 11.4. The van der Waals surface area contributed by atoms with Gasteiger partial charge in [0.15, 0.2) is 0 Å². The Balaban J connectivity index is 1.70. The SMILES string of the molecule is Fc1ccc(C(NCc2ccno2)C2CC2)cc1. The van der Waals surface area contributed by atoms with Crippen LogP contribution in [0.25, 0.3) is 0 Å². The Hall–Kier alpha value is -1.68. The quantitative estimate of drug-likeness (QED) is 0.881. The van der Waals surface area contributed by atoms with Gasteiger partial charge in [-0.15, -0.1) is 0 Å². The van der Waals surface area contributed by atoms with Crippen molar-refractivity contribution in [1.29, 1.82) is 0 Å². The second kappa shape index (κ2) is 4.90. The first-order valence-corrected chi connectivity index (χ1v) is 6.21. The van der Waals surface area contributed by atoms with Gasteiger partial charge in [0.25, 0.3) is 0 Å². The molecule has 1 heterocycles. The summed E-state index contributed by atoms with van der Waals surface area (Å²) in [5, 5.41) is 7.14. The predicted octanol–water partition coefficient (Wildman–Crippen LogP) is 3.05. The molecule has 18 heavy (non-hydrogen) atoms. The standard InChI is InChI=1S/C14H15FN2O/c15-12-5-3-11(4-6-12)14(10-1-2-10)16-9-13-7-8-17-18-13/h3-8,10,14,16H,1-2,9H2. The molecule has 4 heteroatoms. The van der Waals surface area contributed by atoms with Crippen LogP contribution in [0.2, 0.25) is 0 Å². The Morgan fingerprint density at radius 2 is 2.06 bits per heavy atom. The zero-order valence-corrected chi connectivity index (χ0v) is 9.97. The molecule has 1 aromatic heterocycles. The van der Waals surface area contributed by atoms with Crippen molar-refractivity contribution in [3.63, 3.8) is 0 Å². The fourth-order valence-electron chi connectivity index (χ4n) is 2.20. The topological polar surface area (TPSA) is 38.1 Å². The van der Waals surface area contributed by atoms with Crippen molar-refractivity contribution in [2.45, 2.75) is 25.4 Å². The highest BCUT2D eigenvalue weighted by Crippen LogP contribution is 2.41. The highest BCUT2D eigenvalue weighted by Gasteiger charge is 2.32. The maximum Gasteiger partial charge on any atom is 0.150 e. The van der Waals surface area contributed by atoms with Crippen molar-refractivity contribution in [1.82, 2.24) is 10.5 Å². The van der Waals surface area contributed by atoms with Gasteiger partial charge >= 0.3 is 0 Å². The van der Waals surface area contributed by atoms with Gasteiger partial charge in [-0.1, -0.05) is 17.3 Å². The average molecular weight is 246 g/mol. The molecule has 3 nitrogen and oxygen atoms in total. The number of halogens is 1. The predicted molar refractivity (Wildman–Crippen MR) is 65.2 cm³/mol. The molecule has 1 aliphatic rings. The van der Waals surface area contributed by atoms with Gasteiger partial charge in [0.2, 0.25) is 0 Å². The van der Waals surface area contributed by atoms with E-state index in [0.717, 1.165) is 11.3 Å². The molecule has 0 radical (unpaired) electrons. The van der Waals surface area contributed by atoms with Gasteiger partial charge < -0.3 is 9.84 Å². The summed E-state index contributed by atoms with van der Waals surface area (Å²) in [4.78, 5) is 0. The first-order chi connectivity index (χ1) is 8.83. The van der Waals surface area contributed by atoms with Crippen molar-refractivity contribution in [3.05, 3.63) is 53.7 Å². The number of aromatic nitrogens is 1. The summed E-state index contributed by atoms with van der Waals surface area (Å²) in [6, 6.07) is 8.86. The van der Waals surface area contributed by atoms with Crippen LogP contribution in [0.5, 0.6) is 0 Å². The highest BCUT2D eigenvalue weighted by molar-refractivity contribution is 5.22. The van der Waals surface area contributed by atoms with Crippen LogP contribution in [-0.2, 0) is 6.54 Å². The molecule has 1 aliphatic carbocycles. The van der Waals surface area contributed by atoms with E-state index >= 15 is 0 Å². The van der Waals surface area contributed by atoms with Crippen LogP contribution < -0.4 is 5.32 Å². The van der Waals surface area contributed by atoms with E-state index in [1.54, 1.807) is 6.20 Å². The summed E-state index contributed by atoms with van der Waals surface area (Å²) >= 11 is 0. The number of nitrogens with one attached hydrogen (secondary N) is 1. The minimum atomic E-state index is -0.191. The molecular weight excluding hydrogens is 231 g/mol. The van der Waals surface area contributed by atoms with Crippen molar-refractivity contribution in [2.75, 3.05) is 0 Å². The number of nitrogens with zero attached hydrogens (tertiary/aromatic N) is 1. The molecule has 1 atom stereocenters. The molecule has 3 rings (SSSR count). The van der Waals surface area contributed by atoms with Crippen LogP contribution in [-0.4, -0.2) is 5.16 Å². The van der Waals surface area contributed by atoms with E-state index in [9.17, 15) is 4.39 Å². The largest absolute Gasteiger partial charge is 0.360 e. The normalized spacial score (nSPS) is 16.7. The minimum absolute atomic E-state index is 0.191. The van der Waals surface area contributed by atoms with E-state index < -0.39 is 0 Å². The zero-order valence-electron chi connectivity index (χ0n) is 9.97. The molecule has 0 spiro atoms. The lowest BCUT2D eigenvalue weighted by Crippen LogP contribution is -2.22. The van der Waals surface area contributed by atoms with Crippen LogP contribution in [0.4, 0.5) is 4.39 Å². The molecule has 2 aromatic rings.